The average molecular weight is 551 g/mol. The van der Waals surface area contributed by atoms with Crippen molar-refractivity contribution in [3.8, 4) is 5.75 Å². The minimum absolute atomic E-state index is 0.266. The number of benzene rings is 2. The van der Waals surface area contributed by atoms with Gasteiger partial charge in [-0.1, -0.05) is 25.0 Å². The Morgan fingerprint density at radius 2 is 1.59 bits per heavy atom. The van der Waals surface area contributed by atoms with Gasteiger partial charge in [0.25, 0.3) is 0 Å². The lowest BCUT2D eigenvalue weighted by Crippen LogP contribution is -2.36. The lowest BCUT2D eigenvalue weighted by molar-refractivity contribution is 0.236. The molecule has 3 aromatic rings. The van der Waals surface area contributed by atoms with Crippen LogP contribution in [0, 0.1) is 6.92 Å². The third-order valence-electron chi connectivity index (χ3n) is 7.99. The normalized spacial score (nSPS) is 17.5. The average Bonchev–Trinajstić information content (AvgIpc) is 3.36. The van der Waals surface area contributed by atoms with Crippen molar-refractivity contribution >= 4 is 26.4 Å². The van der Waals surface area contributed by atoms with Crippen molar-refractivity contribution in [2.75, 3.05) is 63.9 Å². The number of hydrogen-bond acceptors (Lipinski definition) is 7. The first-order valence-electron chi connectivity index (χ1n) is 14.5. The van der Waals surface area contributed by atoms with Crippen LogP contribution in [0.4, 0.5) is 5.69 Å². The lowest BCUT2D eigenvalue weighted by Gasteiger charge is -2.27. The van der Waals surface area contributed by atoms with Crippen LogP contribution >= 0.6 is 0 Å². The molecule has 0 spiro atoms. The van der Waals surface area contributed by atoms with Crippen LogP contribution < -0.4 is 9.64 Å². The molecule has 0 bridgehead atoms. The molecular formula is C31H42N4O3S. The number of unbranched alkanes of at least 4 members (excludes halogenated alkanes) is 1. The van der Waals surface area contributed by atoms with Gasteiger partial charge < -0.3 is 19.4 Å². The molecule has 2 aliphatic heterocycles. The van der Waals surface area contributed by atoms with Gasteiger partial charge in [0, 0.05) is 44.3 Å². The molecule has 2 aliphatic rings. The van der Waals surface area contributed by atoms with Gasteiger partial charge in [0.2, 0.25) is 9.84 Å². The zero-order chi connectivity index (χ0) is 27.2. The molecule has 5 rings (SSSR count). The number of anilines is 1. The Morgan fingerprint density at radius 1 is 0.872 bits per heavy atom. The largest absolute Gasteiger partial charge is 0.494 e. The van der Waals surface area contributed by atoms with Gasteiger partial charge in [0.1, 0.15) is 10.6 Å². The molecule has 0 aliphatic carbocycles. The molecule has 8 heteroatoms. The highest BCUT2D eigenvalue weighted by Gasteiger charge is 2.28. The van der Waals surface area contributed by atoms with Crippen LogP contribution in [0.25, 0.3) is 10.9 Å². The molecule has 7 nitrogen and oxygen atoms in total. The quantitative estimate of drug-likeness (QED) is 0.323. The van der Waals surface area contributed by atoms with Crippen molar-refractivity contribution in [2.45, 2.75) is 55.7 Å². The Bertz CT molecular complexity index is 1350. The van der Waals surface area contributed by atoms with Crippen molar-refractivity contribution < 1.29 is 13.2 Å². The summed E-state index contributed by atoms with van der Waals surface area (Å²) >= 11 is 0. The fraction of sp³-hybridized carbons (Fsp3) is 0.516. The predicted molar refractivity (Wildman–Crippen MR) is 158 cm³/mol. The maximum atomic E-state index is 14.1. The number of sulfone groups is 1. The highest BCUT2D eigenvalue weighted by atomic mass is 32.2. The first-order chi connectivity index (χ1) is 19.0. The molecule has 39 heavy (non-hydrogen) atoms. The molecule has 2 saturated heterocycles. The van der Waals surface area contributed by atoms with E-state index in [0.717, 1.165) is 80.7 Å². The van der Waals surface area contributed by atoms with Crippen molar-refractivity contribution in [1.29, 1.82) is 0 Å². The van der Waals surface area contributed by atoms with Crippen LogP contribution in [0.2, 0.25) is 0 Å². The molecule has 0 radical (unpaired) electrons. The van der Waals surface area contributed by atoms with Gasteiger partial charge in [0.15, 0.2) is 0 Å². The number of rotatable bonds is 10. The van der Waals surface area contributed by atoms with Crippen molar-refractivity contribution in [3.63, 3.8) is 0 Å². The summed E-state index contributed by atoms with van der Waals surface area (Å²) in [5, 5.41) is 0.904. The second-order valence-corrected chi connectivity index (χ2v) is 12.8. The number of hydrogen-bond donors (Lipinski definition) is 0. The Hall–Kier alpha value is -2.68. The van der Waals surface area contributed by atoms with E-state index >= 15 is 0 Å². The van der Waals surface area contributed by atoms with Crippen LogP contribution in [-0.4, -0.2) is 82.2 Å². The molecule has 3 heterocycles. The van der Waals surface area contributed by atoms with Gasteiger partial charge in [-0.05, 0) is 88.6 Å². The SMILES string of the molecule is CCCCOc1ccc(S(=O)(=O)c2cnc3ccc(C)cc3c2N2CCCN(CCN3CCCC3)CC2)cc1. The van der Waals surface area contributed by atoms with E-state index in [9.17, 15) is 8.42 Å². The van der Waals surface area contributed by atoms with Gasteiger partial charge >= 0.3 is 0 Å². The fourth-order valence-corrected chi connectivity index (χ4v) is 7.11. The van der Waals surface area contributed by atoms with Crippen LogP contribution in [0.15, 0.2) is 58.5 Å². The fourth-order valence-electron chi connectivity index (χ4n) is 5.68. The summed E-state index contributed by atoms with van der Waals surface area (Å²) < 4.78 is 33.9. The van der Waals surface area contributed by atoms with Gasteiger partial charge in [0.05, 0.1) is 22.7 Å². The van der Waals surface area contributed by atoms with Gasteiger partial charge in [-0.25, -0.2) is 8.42 Å². The summed E-state index contributed by atoms with van der Waals surface area (Å²) in [7, 11) is -3.79. The molecule has 210 valence electrons. The lowest BCUT2D eigenvalue weighted by atomic mass is 10.1. The second-order valence-electron chi connectivity index (χ2n) is 10.9. The summed E-state index contributed by atoms with van der Waals surface area (Å²) in [5.74, 6) is 0.691. The molecule has 2 fully saturated rings. The van der Waals surface area contributed by atoms with Crippen molar-refractivity contribution in [2.24, 2.45) is 0 Å². The van der Waals surface area contributed by atoms with Crippen molar-refractivity contribution in [1.82, 2.24) is 14.8 Å². The van der Waals surface area contributed by atoms with E-state index in [-0.39, 0.29) is 9.79 Å². The molecule has 0 unspecified atom stereocenters. The number of ether oxygens (including phenoxy) is 1. The Labute approximate surface area is 233 Å². The predicted octanol–water partition coefficient (Wildman–Crippen LogP) is 5.16. The third kappa shape index (κ3) is 6.56. The summed E-state index contributed by atoms with van der Waals surface area (Å²) in [5.41, 5.74) is 2.70. The zero-order valence-electron chi connectivity index (χ0n) is 23.4. The first kappa shape index (κ1) is 27.9. The molecule has 0 N–H and O–H groups in total. The molecule has 0 atom stereocenters. The van der Waals surface area contributed by atoms with E-state index in [1.165, 1.54) is 25.9 Å². The highest BCUT2D eigenvalue weighted by molar-refractivity contribution is 7.91. The second kappa shape index (κ2) is 12.7. The van der Waals surface area contributed by atoms with Gasteiger partial charge in [-0.2, -0.15) is 0 Å². The van der Waals surface area contributed by atoms with E-state index in [1.54, 1.807) is 30.5 Å². The number of fused-ring (bicyclic) bond motifs is 1. The van der Waals surface area contributed by atoms with Crippen LogP contribution in [0.5, 0.6) is 5.75 Å². The maximum absolute atomic E-state index is 14.1. The third-order valence-corrected chi connectivity index (χ3v) is 9.76. The highest BCUT2D eigenvalue weighted by Crippen LogP contribution is 2.37. The summed E-state index contributed by atoms with van der Waals surface area (Å²) in [6.45, 7) is 13.0. The van der Waals surface area contributed by atoms with E-state index in [2.05, 4.69) is 32.7 Å². The van der Waals surface area contributed by atoms with Gasteiger partial charge in [-0.3, -0.25) is 4.98 Å². The van der Waals surface area contributed by atoms with E-state index in [4.69, 9.17) is 4.74 Å². The first-order valence-corrected chi connectivity index (χ1v) is 16.0. The molecular weight excluding hydrogens is 508 g/mol. The Morgan fingerprint density at radius 3 is 2.33 bits per heavy atom. The smallest absolute Gasteiger partial charge is 0.210 e. The maximum Gasteiger partial charge on any atom is 0.210 e. The number of aryl methyl sites for hydroxylation is 1. The van der Waals surface area contributed by atoms with E-state index in [0.29, 0.717) is 12.4 Å². The molecule has 2 aromatic carbocycles. The minimum atomic E-state index is -3.79. The van der Waals surface area contributed by atoms with Crippen molar-refractivity contribution in [3.05, 3.63) is 54.2 Å². The van der Waals surface area contributed by atoms with Crippen LogP contribution in [0.3, 0.4) is 0 Å². The monoisotopic (exact) mass is 550 g/mol. The van der Waals surface area contributed by atoms with E-state index < -0.39 is 9.84 Å². The van der Waals surface area contributed by atoms with Gasteiger partial charge in [-0.15, -0.1) is 0 Å². The number of pyridine rings is 1. The van der Waals surface area contributed by atoms with Crippen LogP contribution in [0.1, 0.15) is 44.6 Å². The number of nitrogens with zero attached hydrogens (tertiary/aromatic N) is 4. The summed E-state index contributed by atoms with van der Waals surface area (Å²) in [4.78, 5) is 12.5. The van der Waals surface area contributed by atoms with E-state index in [1.807, 2.05) is 19.1 Å². The minimum Gasteiger partial charge on any atom is -0.494 e. The molecule has 0 saturated carbocycles. The summed E-state index contributed by atoms with van der Waals surface area (Å²) in [6, 6.07) is 12.9. The number of aromatic nitrogens is 1. The number of likely N-dealkylation sites (tertiary alicyclic amines) is 1. The standard InChI is InChI=1S/C31H42N4O3S/c1-3-4-22-38-26-9-11-27(12-10-26)39(36,37)30-24-32-29-13-8-25(2)23-28(29)31(30)35-17-7-16-34(20-21-35)19-18-33-14-5-6-15-33/h8-13,23-24H,3-7,14-22H2,1-2H3. The van der Waals surface area contributed by atoms with Crippen LogP contribution in [-0.2, 0) is 9.84 Å². The Kier molecular flexibility index (Phi) is 9.05. The summed E-state index contributed by atoms with van der Waals surface area (Å²) in [6.07, 6.45) is 7.21. The molecule has 0 amide bonds. The molecule has 1 aromatic heterocycles. The zero-order valence-corrected chi connectivity index (χ0v) is 24.3. The Balaban J connectivity index is 1.44. The topological polar surface area (TPSA) is 66.0 Å².